The van der Waals surface area contributed by atoms with Crippen molar-refractivity contribution >= 4 is 20.4 Å². The molecule has 23 heavy (non-hydrogen) atoms. The number of carbonyl (C=O) groups excluding carboxylic acids is 2. The van der Waals surface area contributed by atoms with E-state index in [0.717, 1.165) is 0 Å². The van der Waals surface area contributed by atoms with E-state index in [1.165, 1.54) is 0 Å². The van der Waals surface area contributed by atoms with Gasteiger partial charge in [-0.05, 0) is 38.4 Å². The van der Waals surface area contributed by atoms with Crippen LogP contribution < -0.4 is 0 Å². The number of carbonyl (C=O) groups is 2. The molecule has 0 aromatic heterocycles. The first-order valence-corrected chi connectivity index (χ1v) is 11.1. The summed E-state index contributed by atoms with van der Waals surface area (Å²) in [4.78, 5) is 23.9. The van der Waals surface area contributed by atoms with E-state index in [2.05, 4.69) is 33.9 Å². The molecule has 6 nitrogen and oxygen atoms in total. The van der Waals surface area contributed by atoms with Crippen molar-refractivity contribution in [2.24, 2.45) is 5.92 Å². The lowest BCUT2D eigenvalue weighted by atomic mass is 9.91. The van der Waals surface area contributed by atoms with Crippen LogP contribution in [0.3, 0.4) is 0 Å². The Kier molecular flexibility index (Phi) is 4.58. The van der Waals surface area contributed by atoms with Gasteiger partial charge in [0.1, 0.15) is 5.92 Å². The first kappa shape index (κ1) is 18.3. The van der Waals surface area contributed by atoms with Crippen molar-refractivity contribution in [2.45, 2.75) is 77.0 Å². The van der Waals surface area contributed by atoms with Gasteiger partial charge in [0, 0.05) is 0 Å². The number of rotatable bonds is 4. The SMILES string of the molecule is CCOC(=O)[C@H]1C[C@@H](O[Si](C)(C)C(C)(C)C)[C@@H]2OC(=O)O[C@]12C. The highest BCUT2D eigenvalue weighted by atomic mass is 28.4. The molecule has 0 N–H and O–H groups in total. The van der Waals surface area contributed by atoms with Crippen LogP contribution in [0.2, 0.25) is 18.1 Å². The zero-order chi connectivity index (χ0) is 17.6. The molecule has 4 atom stereocenters. The van der Waals surface area contributed by atoms with Gasteiger partial charge in [-0.1, -0.05) is 20.8 Å². The second-order valence-corrected chi connectivity index (χ2v) is 12.8. The van der Waals surface area contributed by atoms with Crippen LogP contribution in [0.25, 0.3) is 0 Å². The summed E-state index contributed by atoms with van der Waals surface area (Å²) in [6.45, 7) is 14.5. The third kappa shape index (κ3) is 3.13. The number of fused-ring (bicyclic) bond motifs is 1. The van der Waals surface area contributed by atoms with Gasteiger partial charge in [0.2, 0.25) is 0 Å². The fraction of sp³-hybridized carbons (Fsp3) is 0.875. The maximum absolute atomic E-state index is 12.3. The third-order valence-electron chi connectivity index (χ3n) is 5.41. The molecule has 0 amide bonds. The Morgan fingerprint density at radius 3 is 2.52 bits per heavy atom. The molecule has 0 unspecified atom stereocenters. The van der Waals surface area contributed by atoms with Gasteiger partial charge in [-0.3, -0.25) is 4.79 Å². The number of ether oxygens (including phenoxy) is 3. The van der Waals surface area contributed by atoms with E-state index >= 15 is 0 Å². The maximum atomic E-state index is 12.3. The predicted molar refractivity (Wildman–Crippen MR) is 86.6 cm³/mol. The Labute approximate surface area is 138 Å². The minimum atomic E-state index is -2.07. The molecule has 2 fully saturated rings. The number of hydrogen-bond acceptors (Lipinski definition) is 6. The second kappa shape index (κ2) is 5.77. The Hall–Kier alpha value is -1.08. The molecule has 0 bridgehead atoms. The quantitative estimate of drug-likeness (QED) is 0.576. The standard InChI is InChI=1S/C16H28O6Si/c1-8-19-13(17)10-9-11(22-23(6,7)15(2,3)4)12-16(10,5)21-14(18)20-12/h10-12H,8-9H2,1-7H3/t10-,11-,12+,16-/m1/s1. The lowest BCUT2D eigenvalue weighted by Crippen LogP contribution is -2.48. The fourth-order valence-corrected chi connectivity index (χ4v) is 4.36. The van der Waals surface area contributed by atoms with Crippen molar-refractivity contribution in [3.8, 4) is 0 Å². The van der Waals surface area contributed by atoms with Gasteiger partial charge in [0.15, 0.2) is 20.0 Å². The molecule has 7 heteroatoms. The average Bonchev–Trinajstić information content (AvgIpc) is 2.80. The molecule has 1 heterocycles. The maximum Gasteiger partial charge on any atom is 0.509 e. The monoisotopic (exact) mass is 344 g/mol. The summed E-state index contributed by atoms with van der Waals surface area (Å²) < 4.78 is 22.3. The highest BCUT2D eigenvalue weighted by molar-refractivity contribution is 6.74. The van der Waals surface area contributed by atoms with E-state index in [1.807, 2.05) is 0 Å². The highest BCUT2D eigenvalue weighted by Crippen LogP contribution is 2.49. The van der Waals surface area contributed by atoms with Crippen LogP contribution in [0.1, 0.15) is 41.0 Å². The van der Waals surface area contributed by atoms with Crippen LogP contribution in [0, 0.1) is 5.92 Å². The molecule has 0 spiro atoms. The van der Waals surface area contributed by atoms with Crippen molar-refractivity contribution in [3.63, 3.8) is 0 Å². The fourth-order valence-electron chi connectivity index (χ4n) is 3.02. The molecule has 2 rings (SSSR count). The van der Waals surface area contributed by atoms with E-state index in [9.17, 15) is 9.59 Å². The predicted octanol–water partition coefficient (Wildman–Crippen LogP) is 3.25. The van der Waals surface area contributed by atoms with E-state index in [0.29, 0.717) is 13.0 Å². The minimum absolute atomic E-state index is 0.0227. The van der Waals surface area contributed by atoms with Crippen LogP contribution in [-0.2, 0) is 23.4 Å². The van der Waals surface area contributed by atoms with Crippen molar-refractivity contribution in [3.05, 3.63) is 0 Å². The molecular weight excluding hydrogens is 316 g/mol. The summed E-state index contributed by atoms with van der Waals surface area (Å²) >= 11 is 0. The van der Waals surface area contributed by atoms with Crippen molar-refractivity contribution in [1.82, 2.24) is 0 Å². The topological polar surface area (TPSA) is 71.1 Å². The largest absolute Gasteiger partial charge is 0.509 e. The van der Waals surface area contributed by atoms with E-state index in [4.69, 9.17) is 18.6 Å². The Morgan fingerprint density at radius 2 is 2.00 bits per heavy atom. The lowest BCUT2D eigenvalue weighted by Gasteiger charge is -2.39. The second-order valence-electron chi connectivity index (χ2n) is 8.03. The molecule has 1 aliphatic heterocycles. The molecule has 0 radical (unpaired) electrons. The molecule has 1 aliphatic carbocycles. The number of hydrogen-bond donors (Lipinski definition) is 0. The molecule has 2 aliphatic rings. The first-order valence-electron chi connectivity index (χ1n) is 8.16. The smallest absolute Gasteiger partial charge is 0.466 e. The Balaban J connectivity index is 2.26. The van der Waals surface area contributed by atoms with Gasteiger partial charge in [-0.2, -0.15) is 0 Å². The molecule has 0 aromatic rings. The summed E-state index contributed by atoms with van der Waals surface area (Å²) in [7, 11) is -2.07. The van der Waals surface area contributed by atoms with Crippen molar-refractivity contribution < 1.29 is 28.2 Å². The molecule has 0 aromatic carbocycles. The van der Waals surface area contributed by atoms with Gasteiger partial charge < -0.3 is 18.6 Å². The van der Waals surface area contributed by atoms with Gasteiger partial charge >= 0.3 is 12.1 Å². The number of esters is 1. The van der Waals surface area contributed by atoms with Gasteiger partial charge in [0.05, 0.1) is 12.7 Å². The van der Waals surface area contributed by atoms with Crippen LogP contribution in [0.5, 0.6) is 0 Å². The summed E-state index contributed by atoms with van der Waals surface area (Å²) in [6.07, 6.45) is -1.21. The summed E-state index contributed by atoms with van der Waals surface area (Å²) in [5.74, 6) is -0.923. The van der Waals surface area contributed by atoms with Crippen LogP contribution in [-0.4, -0.2) is 44.9 Å². The van der Waals surface area contributed by atoms with Crippen LogP contribution >= 0.6 is 0 Å². The van der Waals surface area contributed by atoms with E-state index in [-0.39, 0.29) is 17.1 Å². The summed E-state index contributed by atoms with van der Waals surface area (Å²) in [5, 5.41) is 0.0227. The van der Waals surface area contributed by atoms with Crippen molar-refractivity contribution in [1.29, 1.82) is 0 Å². The van der Waals surface area contributed by atoms with E-state index in [1.54, 1.807) is 13.8 Å². The van der Waals surface area contributed by atoms with Crippen LogP contribution in [0.4, 0.5) is 4.79 Å². The first-order chi connectivity index (χ1) is 10.4. The minimum Gasteiger partial charge on any atom is -0.466 e. The molecule has 132 valence electrons. The van der Waals surface area contributed by atoms with Crippen LogP contribution in [0.15, 0.2) is 0 Å². The summed E-state index contributed by atoms with van der Waals surface area (Å²) in [5.41, 5.74) is -1.02. The van der Waals surface area contributed by atoms with Crippen molar-refractivity contribution in [2.75, 3.05) is 6.61 Å². The van der Waals surface area contributed by atoms with E-state index < -0.39 is 32.1 Å². The van der Waals surface area contributed by atoms with Gasteiger partial charge in [0.25, 0.3) is 0 Å². The highest BCUT2D eigenvalue weighted by Gasteiger charge is 2.65. The Bertz CT molecular complexity index is 497. The van der Waals surface area contributed by atoms with Gasteiger partial charge in [-0.25, -0.2) is 4.79 Å². The molecular formula is C16H28O6Si. The van der Waals surface area contributed by atoms with Gasteiger partial charge in [-0.15, -0.1) is 0 Å². The lowest BCUT2D eigenvalue weighted by molar-refractivity contribution is -0.154. The Morgan fingerprint density at radius 1 is 1.39 bits per heavy atom. The third-order valence-corrected chi connectivity index (χ3v) is 9.92. The summed E-state index contributed by atoms with van der Waals surface area (Å²) in [6, 6.07) is 0. The molecule has 1 saturated carbocycles. The molecule has 1 saturated heterocycles. The zero-order valence-electron chi connectivity index (χ0n) is 15.1. The zero-order valence-corrected chi connectivity index (χ0v) is 16.1. The normalized spacial score (nSPS) is 33.9. The average molecular weight is 344 g/mol.